The Morgan fingerprint density at radius 2 is 1.89 bits per heavy atom. The molecule has 1 fully saturated rings. The molecule has 1 aliphatic rings. The molecule has 0 radical (unpaired) electrons. The maximum atomic E-state index is 12.5. The smallest absolute Gasteiger partial charge is 0.416 e. The molecular weight excluding hydrogens is 497 g/mol. The topological polar surface area (TPSA) is 101 Å². The third-order valence-corrected chi connectivity index (χ3v) is 6.36. The lowest BCUT2D eigenvalue weighted by atomic mass is 10.1. The monoisotopic (exact) mass is 524 g/mol. The summed E-state index contributed by atoms with van der Waals surface area (Å²) in [4.78, 5) is 14.7. The Balaban J connectivity index is 0.000000201. The van der Waals surface area contributed by atoms with Crippen LogP contribution in [0.15, 0.2) is 48.0 Å². The van der Waals surface area contributed by atoms with Gasteiger partial charge in [-0.15, -0.1) is 11.3 Å². The number of aromatic carboxylic acids is 1. The van der Waals surface area contributed by atoms with E-state index in [1.165, 1.54) is 30.5 Å². The molecule has 0 saturated heterocycles. The summed E-state index contributed by atoms with van der Waals surface area (Å²) in [7, 11) is 3.20. The van der Waals surface area contributed by atoms with Gasteiger partial charge >= 0.3 is 12.1 Å². The molecule has 0 amide bonds. The van der Waals surface area contributed by atoms with Crippen LogP contribution in [0.3, 0.4) is 0 Å². The Hall–Kier alpha value is -3.15. The van der Waals surface area contributed by atoms with Gasteiger partial charge in [-0.1, -0.05) is 18.2 Å². The van der Waals surface area contributed by atoms with Crippen molar-refractivity contribution in [2.24, 2.45) is 5.92 Å². The third-order valence-electron chi connectivity index (χ3n) is 5.48. The lowest BCUT2D eigenvalue weighted by molar-refractivity contribution is -0.137. The Morgan fingerprint density at radius 1 is 1.17 bits per heavy atom. The van der Waals surface area contributed by atoms with Gasteiger partial charge in [0.25, 0.3) is 0 Å². The zero-order chi connectivity index (χ0) is 26.3. The summed E-state index contributed by atoms with van der Waals surface area (Å²) in [5, 5.41) is 22.2. The van der Waals surface area contributed by atoms with Crippen LogP contribution in [0.5, 0.6) is 11.5 Å². The zero-order valence-corrected chi connectivity index (χ0v) is 20.5. The average Bonchev–Trinajstić information content (AvgIpc) is 3.55. The lowest BCUT2D eigenvalue weighted by Gasteiger charge is -2.14. The number of carboxylic acids is 1. The fraction of sp³-hybridized carbons (Fsp3) is 0.360. The second kappa shape index (κ2) is 12.2. The summed E-state index contributed by atoms with van der Waals surface area (Å²) in [6.45, 7) is 1.58. The number of halogens is 3. The van der Waals surface area contributed by atoms with Gasteiger partial charge in [0.1, 0.15) is 0 Å². The third kappa shape index (κ3) is 7.42. The van der Waals surface area contributed by atoms with Crippen molar-refractivity contribution in [3.05, 3.63) is 64.8 Å². The fourth-order valence-electron chi connectivity index (χ4n) is 3.36. The molecule has 0 aliphatic heterocycles. The first-order chi connectivity index (χ1) is 17.1. The molecule has 1 aromatic heterocycles. The molecule has 7 nitrogen and oxygen atoms in total. The number of benzene rings is 2. The summed E-state index contributed by atoms with van der Waals surface area (Å²) in [5.41, 5.74) is 1.28. The van der Waals surface area contributed by atoms with Gasteiger partial charge in [0.15, 0.2) is 17.2 Å². The zero-order valence-electron chi connectivity index (χ0n) is 19.7. The van der Waals surface area contributed by atoms with Crippen LogP contribution in [-0.4, -0.2) is 48.5 Å². The maximum Gasteiger partial charge on any atom is 0.416 e. The van der Waals surface area contributed by atoms with E-state index in [9.17, 15) is 23.1 Å². The highest BCUT2D eigenvalue weighted by Crippen LogP contribution is 2.34. The molecule has 0 spiro atoms. The Labute approximate surface area is 210 Å². The number of thiazole rings is 1. The molecular formula is C25H27F3N2O5S. The van der Waals surface area contributed by atoms with E-state index in [1.807, 2.05) is 18.2 Å². The Bertz CT molecular complexity index is 1160. The highest BCUT2D eigenvalue weighted by molar-refractivity contribution is 7.13. The van der Waals surface area contributed by atoms with Crippen molar-refractivity contribution in [1.29, 1.82) is 0 Å². The highest BCUT2D eigenvalue weighted by Gasteiger charge is 2.31. The molecule has 4 rings (SSSR count). The first-order valence-corrected chi connectivity index (χ1v) is 12.0. The number of nitrogens with zero attached hydrogens (tertiary/aromatic N) is 1. The minimum absolute atomic E-state index is 0.199. The second-order valence-electron chi connectivity index (χ2n) is 8.15. The van der Waals surface area contributed by atoms with E-state index in [0.717, 1.165) is 41.5 Å². The SMILES string of the molecule is COc1ccc(C(O)CNCC2CC2)cc1OC.O=C(O)c1ncsc1-c1cccc(C(F)(F)F)c1. The number of ether oxygens (including phenoxy) is 2. The molecule has 1 atom stereocenters. The molecule has 194 valence electrons. The molecule has 2 aromatic carbocycles. The second-order valence-corrected chi connectivity index (χ2v) is 9.00. The van der Waals surface area contributed by atoms with Crippen molar-refractivity contribution < 1.29 is 37.7 Å². The van der Waals surface area contributed by atoms with Crippen molar-refractivity contribution >= 4 is 17.3 Å². The van der Waals surface area contributed by atoms with E-state index in [-0.39, 0.29) is 16.1 Å². The number of hydrogen-bond acceptors (Lipinski definition) is 7. The molecule has 11 heteroatoms. The lowest BCUT2D eigenvalue weighted by Crippen LogP contribution is -2.23. The number of alkyl halides is 3. The Morgan fingerprint density at radius 3 is 2.50 bits per heavy atom. The number of methoxy groups -OCH3 is 2. The summed E-state index contributed by atoms with van der Waals surface area (Å²) in [5.74, 6) is 0.891. The van der Waals surface area contributed by atoms with E-state index >= 15 is 0 Å². The van der Waals surface area contributed by atoms with E-state index < -0.39 is 23.8 Å². The first-order valence-electron chi connectivity index (χ1n) is 11.1. The van der Waals surface area contributed by atoms with Crippen LogP contribution in [0.1, 0.15) is 40.6 Å². The van der Waals surface area contributed by atoms with Crippen molar-refractivity contribution in [1.82, 2.24) is 10.3 Å². The fourth-order valence-corrected chi connectivity index (χ4v) is 4.14. The summed E-state index contributed by atoms with van der Waals surface area (Å²) in [6.07, 6.45) is -2.33. The predicted molar refractivity (Wildman–Crippen MR) is 130 cm³/mol. The van der Waals surface area contributed by atoms with Crippen molar-refractivity contribution in [3.63, 3.8) is 0 Å². The minimum Gasteiger partial charge on any atom is -0.493 e. The number of aromatic nitrogens is 1. The van der Waals surface area contributed by atoms with E-state index in [0.29, 0.717) is 18.0 Å². The largest absolute Gasteiger partial charge is 0.493 e. The van der Waals surface area contributed by atoms with Crippen LogP contribution in [0, 0.1) is 5.92 Å². The molecule has 1 saturated carbocycles. The summed E-state index contributed by atoms with van der Waals surface area (Å²) in [6, 6.07) is 10.0. The van der Waals surface area contributed by atoms with Crippen LogP contribution < -0.4 is 14.8 Å². The van der Waals surface area contributed by atoms with Gasteiger partial charge in [-0.3, -0.25) is 0 Å². The number of carboxylic acid groups (broad SMARTS) is 1. The number of rotatable bonds is 9. The van der Waals surface area contributed by atoms with Gasteiger partial charge in [-0.25, -0.2) is 9.78 Å². The minimum atomic E-state index is -4.45. The number of nitrogens with one attached hydrogen (secondary N) is 1. The molecule has 1 unspecified atom stereocenters. The van der Waals surface area contributed by atoms with Crippen LogP contribution in [-0.2, 0) is 6.18 Å². The molecule has 1 aliphatic carbocycles. The standard InChI is InChI=1S/C14H21NO3.C11H6F3NO2S/c1-17-13-6-5-11(7-14(13)18-2)12(16)9-15-8-10-3-4-10;12-11(13,14)7-3-1-2-6(4-7)9-8(10(16)17)15-5-18-9/h5-7,10,12,15-16H,3-4,8-9H2,1-2H3;1-5H,(H,16,17). The number of aliphatic hydroxyl groups is 1. The van der Waals surface area contributed by atoms with Crippen molar-refractivity contribution in [2.75, 3.05) is 27.3 Å². The molecule has 3 N–H and O–H groups in total. The van der Waals surface area contributed by atoms with Crippen molar-refractivity contribution in [2.45, 2.75) is 25.1 Å². The van der Waals surface area contributed by atoms with Gasteiger partial charge in [0, 0.05) is 6.54 Å². The van der Waals surface area contributed by atoms with Gasteiger partial charge in [0.2, 0.25) is 0 Å². The molecule has 0 bridgehead atoms. The van der Waals surface area contributed by atoms with Crippen LogP contribution in [0.4, 0.5) is 13.2 Å². The number of carbonyl (C=O) groups is 1. The summed E-state index contributed by atoms with van der Waals surface area (Å²) < 4.78 is 48.0. The van der Waals surface area contributed by atoms with Gasteiger partial charge in [0.05, 0.1) is 36.3 Å². The maximum absolute atomic E-state index is 12.5. The van der Waals surface area contributed by atoms with E-state index in [1.54, 1.807) is 14.2 Å². The van der Waals surface area contributed by atoms with E-state index in [2.05, 4.69) is 10.3 Å². The van der Waals surface area contributed by atoms with Crippen LogP contribution in [0.2, 0.25) is 0 Å². The molecule has 36 heavy (non-hydrogen) atoms. The van der Waals surface area contributed by atoms with Crippen molar-refractivity contribution in [3.8, 4) is 21.9 Å². The Kier molecular flexibility index (Phi) is 9.30. The van der Waals surface area contributed by atoms with Crippen LogP contribution >= 0.6 is 11.3 Å². The number of aliphatic hydroxyl groups excluding tert-OH is 1. The van der Waals surface area contributed by atoms with Gasteiger partial charge in [-0.2, -0.15) is 13.2 Å². The normalized spacial score (nSPS) is 13.9. The summed E-state index contributed by atoms with van der Waals surface area (Å²) >= 11 is 0.991. The quantitative estimate of drug-likeness (QED) is 0.351. The van der Waals surface area contributed by atoms with E-state index in [4.69, 9.17) is 14.6 Å². The predicted octanol–water partition coefficient (Wildman–Crippen LogP) is 5.26. The van der Waals surface area contributed by atoms with Crippen LogP contribution in [0.25, 0.3) is 10.4 Å². The first kappa shape index (κ1) is 27.4. The van der Waals surface area contributed by atoms with Gasteiger partial charge < -0.3 is 25.0 Å². The molecule has 3 aromatic rings. The average molecular weight is 525 g/mol. The molecule has 1 heterocycles. The number of hydrogen-bond donors (Lipinski definition) is 3. The highest BCUT2D eigenvalue weighted by atomic mass is 32.1. The van der Waals surface area contributed by atoms with Gasteiger partial charge in [-0.05, 0) is 60.7 Å².